The fourth-order valence-corrected chi connectivity index (χ4v) is 1.42. The monoisotopic (exact) mass is 166 g/mol. The van der Waals surface area contributed by atoms with Gasteiger partial charge in [0.2, 0.25) is 5.96 Å². The van der Waals surface area contributed by atoms with Crippen molar-refractivity contribution in [1.29, 1.82) is 5.41 Å². The van der Waals surface area contributed by atoms with Crippen LogP contribution in [0.5, 0.6) is 0 Å². The third-order valence-corrected chi connectivity index (χ3v) is 2.02. The first-order chi connectivity index (χ1) is 5.57. The molecule has 0 spiro atoms. The quantitative estimate of drug-likeness (QED) is 0.478. The Morgan fingerprint density at radius 3 is 2.42 bits per heavy atom. The maximum atomic E-state index is 7.24. The molecule has 0 atom stereocenters. The molecular formula is C8H14N4. The van der Waals surface area contributed by atoms with E-state index < -0.39 is 0 Å². The van der Waals surface area contributed by atoms with Gasteiger partial charge in [0.25, 0.3) is 0 Å². The Morgan fingerprint density at radius 2 is 2.17 bits per heavy atom. The van der Waals surface area contributed by atoms with Crippen LogP contribution in [-0.2, 0) is 6.42 Å². The van der Waals surface area contributed by atoms with Crippen LogP contribution in [-0.4, -0.2) is 15.7 Å². The molecule has 0 fully saturated rings. The van der Waals surface area contributed by atoms with Crippen LogP contribution in [0.2, 0.25) is 0 Å². The molecule has 4 nitrogen and oxygen atoms in total. The van der Waals surface area contributed by atoms with Crippen LogP contribution in [0.3, 0.4) is 0 Å². The van der Waals surface area contributed by atoms with Crippen molar-refractivity contribution in [2.75, 3.05) is 0 Å². The second-order valence-corrected chi connectivity index (χ2v) is 2.80. The van der Waals surface area contributed by atoms with E-state index >= 15 is 0 Å². The van der Waals surface area contributed by atoms with Crippen LogP contribution in [0, 0.1) is 19.3 Å². The summed E-state index contributed by atoms with van der Waals surface area (Å²) in [5.41, 5.74) is 8.46. The van der Waals surface area contributed by atoms with E-state index in [0.29, 0.717) is 0 Å². The van der Waals surface area contributed by atoms with Gasteiger partial charge in [0, 0.05) is 5.69 Å². The lowest BCUT2D eigenvalue weighted by molar-refractivity contribution is 0.862. The Morgan fingerprint density at radius 1 is 1.58 bits per heavy atom. The van der Waals surface area contributed by atoms with E-state index in [1.165, 1.54) is 10.2 Å². The highest BCUT2D eigenvalue weighted by molar-refractivity contribution is 5.77. The van der Waals surface area contributed by atoms with Crippen molar-refractivity contribution in [3.63, 3.8) is 0 Å². The van der Waals surface area contributed by atoms with Gasteiger partial charge >= 0.3 is 0 Å². The molecule has 66 valence electrons. The molecule has 12 heavy (non-hydrogen) atoms. The Kier molecular flexibility index (Phi) is 2.17. The summed E-state index contributed by atoms with van der Waals surface area (Å²) in [6.07, 6.45) is 0.935. The number of nitrogen functional groups attached to an aromatic ring is 1. The minimum Gasteiger partial charge on any atom is -0.368 e. The molecule has 0 aromatic carbocycles. The molecule has 0 saturated heterocycles. The summed E-state index contributed by atoms with van der Waals surface area (Å²) in [6.45, 7) is 5.94. The molecule has 0 aliphatic carbocycles. The van der Waals surface area contributed by atoms with Crippen molar-refractivity contribution in [1.82, 2.24) is 9.78 Å². The van der Waals surface area contributed by atoms with Gasteiger partial charge in [-0.15, -0.1) is 0 Å². The molecule has 0 unspecified atom stereocenters. The molecule has 3 N–H and O–H groups in total. The largest absolute Gasteiger partial charge is 0.368 e. The number of hydrogen-bond acceptors (Lipinski definition) is 2. The normalized spacial score (nSPS) is 10.2. The number of rotatable bonds is 1. The van der Waals surface area contributed by atoms with Gasteiger partial charge in [-0.1, -0.05) is 6.92 Å². The second kappa shape index (κ2) is 2.97. The van der Waals surface area contributed by atoms with Crippen molar-refractivity contribution in [2.45, 2.75) is 27.2 Å². The van der Waals surface area contributed by atoms with Gasteiger partial charge in [-0.2, -0.15) is 5.10 Å². The van der Waals surface area contributed by atoms with Crippen molar-refractivity contribution in [3.8, 4) is 0 Å². The van der Waals surface area contributed by atoms with E-state index in [9.17, 15) is 0 Å². The zero-order chi connectivity index (χ0) is 9.30. The third kappa shape index (κ3) is 1.20. The Balaban J connectivity index is 3.26. The fraction of sp³-hybridized carbons (Fsp3) is 0.500. The van der Waals surface area contributed by atoms with Gasteiger partial charge in [-0.25, -0.2) is 4.68 Å². The van der Waals surface area contributed by atoms with E-state index in [2.05, 4.69) is 12.0 Å². The first-order valence-corrected chi connectivity index (χ1v) is 3.97. The molecule has 4 heteroatoms. The van der Waals surface area contributed by atoms with E-state index in [-0.39, 0.29) is 5.96 Å². The summed E-state index contributed by atoms with van der Waals surface area (Å²) in [4.78, 5) is 0. The number of aryl methyl sites for hydroxylation is 1. The zero-order valence-corrected chi connectivity index (χ0v) is 7.68. The summed E-state index contributed by atoms with van der Waals surface area (Å²) >= 11 is 0. The Labute approximate surface area is 71.9 Å². The van der Waals surface area contributed by atoms with Gasteiger partial charge in [0.1, 0.15) is 0 Å². The number of aromatic nitrogens is 2. The van der Waals surface area contributed by atoms with E-state index in [4.69, 9.17) is 11.1 Å². The topological polar surface area (TPSA) is 67.7 Å². The molecule has 0 radical (unpaired) electrons. The highest BCUT2D eigenvalue weighted by atomic mass is 15.3. The van der Waals surface area contributed by atoms with Crippen LogP contribution in [0.15, 0.2) is 0 Å². The number of nitrogens with one attached hydrogen (secondary N) is 1. The minimum atomic E-state index is -0.0182. The van der Waals surface area contributed by atoms with Crippen LogP contribution in [0.4, 0.5) is 0 Å². The molecule has 0 bridgehead atoms. The van der Waals surface area contributed by atoms with E-state index in [1.54, 1.807) is 0 Å². The minimum absolute atomic E-state index is 0.0182. The smallest absolute Gasteiger partial charge is 0.213 e. The lowest BCUT2D eigenvalue weighted by Gasteiger charge is -1.99. The molecule has 1 aromatic rings. The molecule has 0 aliphatic rings. The first kappa shape index (κ1) is 8.77. The summed E-state index contributed by atoms with van der Waals surface area (Å²) in [7, 11) is 0. The lowest BCUT2D eigenvalue weighted by atomic mass is 10.1. The average molecular weight is 166 g/mol. The van der Waals surface area contributed by atoms with Crippen LogP contribution >= 0.6 is 0 Å². The average Bonchev–Trinajstić information content (AvgIpc) is 2.27. The number of nitrogens with zero attached hydrogens (tertiary/aromatic N) is 2. The third-order valence-electron chi connectivity index (χ3n) is 2.02. The second-order valence-electron chi connectivity index (χ2n) is 2.80. The van der Waals surface area contributed by atoms with Crippen LogP contribution in [0.1, 0.15) is 23.9 Å². The van der Waals surface area contributed by atoms with Gasteiger partial charge < -0.3 is 5.73 Å². The van der Waals surface area contributed by atoms with Gasteiger partial charge in [-0.05, 0) is 25.8 Å². The molecule has 1 aromatic heterocycles. The zero-order valence-electron chi connectivity index (χ0n) is 7.68. The molecule has 1 heterocycles. The summed E-state index contributed by atoms with van der Waals surface area (Å²) in [5, 5.41) is 11.4. The predicted molar refractivity (Wildman–Crippen MR) is 48.4 cm³/mol. The maximum absolute atomic E-state index is 7.24. The summed E-state index contributed by atoms with van der Waals surface area (Å²) in [5.74, 6) is -0.0182. The number of hydrogen-bond donors (Lipinski definition) is 2. The Bertz CT molecular complexity index is 311. The molecule has 0 saturated carbocycles. The van der Waals surface area contributed by atoms with Crippen molar-refractivity contribution in [2.24, 2.45) is 5.73 Å². The lowest BCUT2D eigenvalue weighted by Crippen LogP contribution is -2.23. The molecule has 0 amide bonds. The van der Waals surface area contributed by atoms with Gasteiger partial charge in [0.05, 0.1) is 5.69 Å². The maximum Gasteiger partial charge on any atom is 0.213 e. The summed E-state index contributed by atoms with van der Waals surface area (Å²) < 4.78 is 1.47. The van der Waals surface area contributed by atoms with Crippen LogP contribution in [0.25, 0.3) is 0 Å². The molecular weight excluding hydrogens is 152 g/mol. The van der Waals surface area contributed by atoms with Crippen molar-refractivity contribution >= 4 is 5.96 Å². The molecule has 0 aliphatic heterocycles. The highest BCUT2D eigenvalue weighted by Gasteiger charge is 2.10. The van der Waals surface area contributed by atoms with Gasteiger partial charge in [0.15, 0.2) is 0 Å². The Hall–Kier alpha value is -1.32. The fourth-order valence-electron chi connectivity index (χ4n) is 1.42. The van der Waals surface area contributed by atoms with Crippen molar-refractivity contribution < 1.29 is 0 Å². The van der Waals surface area contributed by atoms with E-state index in [0.717, 1.165) is 17.8 Å². The SMILES string of the molecule is CCc1c(C)nn(C(=N)N)c1C. The highest BCUT2D eigenvalue weighted by Crippen LogP contribution is 2.12. The molecule has 1 rings (SSSR count). The van der Waals surface area contributed by atoms with E-state index in [1.807, 2.05) is 13.8 Å². The standard InChI is InChI=1S/C8H14N4/c1-4-7-5(2)11-12(6(7)3)8(9)10/h4H2,1-3H3,(H3,9,10). The summed E-state index contributed by atoms with van der Waals surface area (Å²) in [6, 6.07) is 0. The van der Waals surface area contributed by atoms with Gasteiger partial charge in [-0.3, -0.25) is 5.41 Å². The van der Waals surface area contributed by atoms with Crippen molar-refractivity contribution in [3.05, 3.63) is 17.0 Å². The number of nitrogens with two attached hydrogens (primary N) is 1. The predicted octanol–water partition coefficient (Wildman–Crippen LogP) is 0.804. The first-order valence-electron chi connectivity index (χ1n) is 3.97. The van der Waals surface area contributed by atoms with Crippen LogP contribution < -0.4 is 5.73 Å².